The van der Waals surface area contributed by atoms with Crippen molar-refractivity contribution in [1.29, 1.82) is 0 Å². The molecule has 0 aromatic carbocycles. The van der Waals surface area contributed by atoms with Gasteiger partial charge in [-0.1, -0.05) is 0 Å². The summed E-state index contributed by atoms with van der Waals surface area (Å²) in [6, 6.07) is -0.273. The van der Waals surface area contributed by atoms with Gasteiger partial charge in [-0.05, 0) is 47.1 Å². The van der Waals surface area contributed by atoms with Crippen molar-refractivity contribution in [1.82, 2.24) is 9.88 Å². The molecule has 1 aliphatic rings. The summed E-state index contributed by atoms with van der Waals surface area (Å²) in [7, 11) is 0. The zero-order valence-electron chi connectivity index (χ0n) is 15.4. The van der Waals surface area contributed by atoms with Crippen molar-refractivity contribution in [2.45, 2.75) is 59.8 Å². The first kappa shape index (κ1) is 18.7. The summed E-state index contributed by atoms with van der Waals surface area (Å²) in [6.45, 7) is 13.1. The van der Waals surface area contributed by atoms with E-state index in [1.54, 1.807) is 20.8 Å². The van der Waals surface area contributed by atoms with Gasteiger partial charge in [0.2, 0.25) is 0 Å². The number of ketones is 1. The maximum Gasteiger partial charge on any atom is 0.340 e. The Kier molecular flexibility index (Phi) is 5.83. The molecule has 1 aliphatic heterocycles. The molecule has 1 N–H and O–H groups in total. The molecule has 6 heteroatoms. The number of hydrogen-bond acceptors (Lipinski definition) is 5. The van der Waals surface area contributed by atoms with E-state index in [2.05, 4.69) is 9.88 Å². The maximum absolute atomic E-state index is 13.0. The van der Waals surface area contributed by atoms with E-state index in [1.165, 1.54) is 0 Å². The minimum absolute atomic E-state index is 0.00699. The molecule has 0 amide bonds. The fourth-order valence-corrected chi connectivity index (χ4v) is 3.41. The molecule has 1 aromatic heterocycles. The van der Waals surface area contributed by atoms with Crippen molar-refractivity contribution in [2.75, 3.05) is 19.7 Å². The van der Waals surface area contributed by atoms with Gasteiger partial charge < -0.3 is 14.5 Å². The third-order valence-electron chi connectivity index (χ3n) is 4.54. The quantitative estimate of drug-likeness (QED) is 0.661. The van der Waals surface area contributed by atoms with Gasteiger partial charge in [0.05, 0.1) is 36.1 Å². The smallest absolute Gasteiger partial charge is 0.340 e. The minimum atomic E-state index is -0.385. The van der Waals surface area contributed by atoms with Crippen LogP contribution in [-0.2, 0) is 9.47 Å². The van der Waals surface area contributed by atoms with Gasteiger partial charge in [-0.3, -0.25) is 9.69 Å². The lowest BCUT2D eigenvalue weighted by atomic mass is 10.0. The number of aromatic amines is 1. The normalized spacial score (nSPS) is 23.1. The molecule has 134 valence electrons. The van der Waals surface area contributed by atoms with Crippen LogP contribution in [-0.4, -0.2) is 59.6 Å². The molecule has 0 bridgehead atoms. The SMILES string of the molecule is CCOC(=O)c1c(C)[nH]c(C(=O)[C@H](C)N2C[C@@H](C)O[C@H](C)C2)c1C. The molecular weight excluding hydrogens is 308 g/mol. The molecule has 1 aromatic rings. The lowest BCUT2D eigenvalue weighted by molar-refractivity contribution is -0.0744. The number of morpholine rings is 1. The number of Topliss-reactive ketones (excluding diaryl/α,β-unsaturated/α-hetero) is 1. The summed E-state index contributed by atoms with van der Waals surface area (Å²) in [5, 5.41) is 0. The first-order valence-electron chi connectivity index (χ1n) is 8.56. The fraction of sp³-hybridized carbons (Fsp3) is 0.667. The number of nitrogens with zero attached hydrogens (tertiary/aromatic N) is 1. The van der Waals surface area contributed by atoms with Crippen LogP contribution < -0.4 is 0 Å². The third kappa shape index (κ3) is 3.70. The number of aryl methyl sites for hydroxylation is 1. The fourth-order valence-electron chi connectivity index (χ4n) is 3.41. The largest absolute Gasteiger partial charge is 0.462 e. The molecule has 2 heterocycles. The molecule has 0 spiro atoms. The zero-order valence-corrected chi connectivity index (χ0v) is 15.4. The van der Waals surface area contributed by atoms with Crippen LogP contribution in [0.5, 0.6) is 0 Å². The number of carbonyl (C=O) groups is 2. The van der Waals surface area contributed by atoms with Crippen LogP contribution in [0.25, 0.3) is 0 Å². The third-order valence-corrected chi connectivity index (χ3v) is 4.54. The molecule has 24 heavy (non-hydrogen) atoms. The van der Waals surface area contributed by atoms with Crippen LogP contribution in [0.3, 0.4) is 0 Å². The number of nitrogens with one attached hydrogen (secondary N) is 1. The Hall–Kier alpha value is -1.66. The summed E-state index contributed by atoms with van der Waals surface area (Å²) in [6.07, 6.45) is 0.205. The Morgan fingerprint density at radius 2 is 1.88 bits per heavy atom. The van der Waals surface area contributed by atoms with Crippen molar-refractivity contribution >= 4 is 11.8 Å². The maximum atomic E-state index is 13.0. The van der Waals surface area contributed by atoms with Crippen LogP contribution in [0, 0.1) is 13.8 Å². The Balaban J connectivity index is 2.23. The van der Waals surface area contributed by atoms with Gasteiger partial charge in [-0.15, -0.1) is 0 Å². The van der Waals surface area contributed by atoms with E-state index >= 15 is 0 Å². The van der Waals surface area contributed by atoms with Gasteiger partial charge in [-0.2, -0.15) is 0 Å². The van der Waals surface area contributed by atoms with E-state index in [1.807, 2.05) is 20.8 Å². The predicted octanol–water partition coefficient (Wildman–Crippen LogP) is 2.49. The van der Waals surface area contributed by atoms with Gasteiger partial charge in [0.15, 0.2) is 5.78 Å². The second kappa shape index (κ2) is 7.49. The van der Waals surface area contributed by atoms with E-state index < -0.39 is 0 Å². The summed E-state index contributed by atoms with van der Waals surface area (Å²) in [5.74, 6) is -0.392. The highest BCUT2D eigenvalue weighted by Crippen LogP contribution is 2.23. The molecule has 1 saturated heterocycles. The Bertz CT molecular complexity index is 613. The number of hydrogen-bond donors (Lipinski definition) is 1. The molecule has 0 radical (unpaired) electrons. The number of ether oxygens (including phenoxy) is 2. The molecule has 2 rings (SSSR count). The van der Waals surface area contributed by atoms with Gasteiger partial charge >= 0.3 is 5.97 Å². The Morgan fingerprint density at radius 1 is 1.29 bits per heavy atom. The molecule has 0 aliphatic carbocycles. The average molecular weight is 336 g/mol. The van der Waals surface area contributed by atoms with E-state index in [0.717, 1.165) is 13.1 Å². The standard InChI is InChI=1S/C18H28N2O4/c1-7-23-18(22)15-12(4)16(19-13(15)5)17(21)14(6)20-8-10(2)24-11(3)9-20/h10-11,14,19H,7-9H2,1-6H3/t10-,11-,14+/m1/s1. The van der Waals surface area contributed by atoms with E-state index in [-0.39, 0.29) is 30.0 Å². The van der Waals surface area contributed by atoms with Crippen molar-refractivity contribution < 1.29 is 19.1 Å². The first-order valence-corrected chi connectivity index (χ1v) is 8.56. The molecule has 0 unspecified atom stereocenters. The highest BCUT2D eigenvalue weighted by atomic mass is 16.5. The van der Waals surface area contributed by atoms with Crippen LogP contribution in [0.1, 0.15) is 59.8 Å². The lowest BCUT2D eigenvalue weighted by Gasteiger charge is -2.38. The minimum Gasteiger partial charge on any atom is -0.462 e. The van der Waals surface area contributed by atoms with Crippen molar-refractivity contribution in [3.8, 4) is 0 Å². The van der Waals surface area contributed by atoms with E-state index in [4.69, 9.17) is 9.47 Å². The summed E-state index contributed by atoms with van der Waals surface area (Å²) in [5.41, 5.74) is 2.30. The highest BCUT2D eigenvalue weighted by Gasteiger charge is 2.32. The van der Waals surface area contributed by atoms with Crippen molar-refractivity contribution in [3.05, 3.63) is 22.5 Å². The van der Waals surface area contributed by atoms with E-state index in [9.17, 15) is 9.59 Å². The van der Waals surface area contributed by atoms with Crippen LogP contribution >= 0.6 is 0 Å². The number of esters is 1. The van der Waals surface area contributed by atoms with Crippen molar-refractivity contribution in [2.24, 2.45) is 0 Å². The zero-order chi connectivity index (χ0) is 18.0. The molecule has 6 nitrogen and oxygen atoms in total. The highest BCUT2D eigenvalue weighted by molar-refractivity contribution is 6.03. The van der Waals surface area contributed by atoms with E-state index in [0.29, 0.717) is 29.1 Å². The number of H-pyrrole nitrogens is 1. The summed E-state index contributed by atoms with van der Waals surface area (Å²) < 4.78 is 10.8. The number of rotatable bonds is 5. The van der Waals surface area contributed by atoms with Crippen LogP contribution in [0.2, 0.25) is 0 Å². The molecule has 1 fully saturated rings. The molecule has 3 atom stereocenters. The molecule has 0 saturated carbocycles. The van der Waals surface area contributed by atoms with Crippen molar-refractivity contribution in [3.63, 3.8) is 0 Å². The van der Waals surface area contributed by atoms with Gasteiger partial charge in [0.1, 0.15) is 0 Å². The second-order valence-electron chi connectivity index (χ2n) is 6.60. The number of carbonyl (C=O) groups excluding carboxylic acids is 2. The van der Waals surface area contributed by atoms with Crippen LogP contribution in [0.15, 0.2) is 0 Å². The average Bonchev–Trinajstić information content (AvgIpc) is 2.80. The van der Waals surface area contributed by atoms with Gasteiger partial charge in [0.25, 0.3) is 0 Å². The van der Waals surface area contributed by atoms with Crippen LogP contribution in [0.4, 0.5) is 0 Å². The Morgan fingerprint density at radius 3 is 2.42 bits per heavy atom. The predicted molar refractivity (Wildman–Crippen MR) is 91.6 cm³/mol. The summed E-state index contributed by atoms with van der Waals surface area (Å²) >= 11 is 0. The summed E-state index contributed by atoms with van der Waals surface area (Å²) in [4.78, 5) is 30.3. The topological polar surface area (TPSA) is 71.6 Å². The lowest BCUT2D eigenvalue weighted by Crippen LogP contribution is -2.51. The first-order chi connectivity index (χ1) is 11.3. The van der Waals surface area contributed by atoms with Gasteiger partial charge in [-0.25, -0.2) is 4.79 Å². The molecular formula is C18H28N2O4. The second-order valence-corrected chi connectivity index (χ2v) is 6.60. The monoisotopic (exact) mass is 336 g/mol. The number of aromatic nitrogens is 1. The Labute approximate surface area is 143 Å². The van der Waals surface area contributed by atoms with Gasteiger partial charge in [0, 0.05) is 18.8 Å².